The Bertz CT molecular complexity index is 377. The maximum Gasteiger partial charge on any atom is 0.143 e. The van der Waals surface area contributed by atoms with Gasteiger partial charge in [-0.15, -0.1) is 0 Å². The Hall–Kier alpha value is -1.82. The Morgan fingerprint density at radius 1 is 1.47 bits per heavy atom. The maximum atomic E-state index is 8.82. The molecule has 0 amide bonds. The second-order valence-electron chi connectivity index (χ2n) is 3.54. The Balaban J connectivity index is 2.55. The number of nitrogens with zero attached hydrogens (tertiary/aromatic N) is 2. The summed E-state index contributed by atoms with van der Waals surface area (Å²) < 4.78 is 0. The minimum atomic E-state index is 0.340. The van der Waals surface area contributed by atoms with Crippen LogP contribution in [0.3, 0.4) is 0 Å². The van der Waals surface area contributed by atoms with E-state index in [4.69, 9.17) is 10.1 Å². The summed E-state index contributed by atoms with van der Waals surface area (Å²) in [4.78, 5) is 5.09. The van der Waals surface area contributed by atoms with E-state index in [1.807, 2.05) is 32.0 Å². The fraction of sp³-hybridized carbons (Fsp3) is 0.333. The third-order valence-corrected chi connectivity index (χ3v) is 1.79. The van der Waals surface area contributed by atoms with Crippen LogP contribution in [0.4, 0.5) is 0 Å². The highest BCUT2D eigenvalue weighted by Crippen LogP contribution is 2.08. The molecule has 15 heavy (non-hydrogen) atoms. The highest BCUT2D eigenvalue weighted by Gasteiger charge is 1.99. The van der Waals surface area contributed by atoms with Crippen molar-refractivity contribution < 1.29 is 4.84 Å². The van der Waals surface area contributed by atoms with Crippen LogP contribution in [0.2, 0.25) is 0 Å². The lowest BCUT2D eigenvalue weighted by atomic mass is 10.1. The van der Waals surface area contributed by atoms with Gasteiger partial charge in [0.1, 0.15) is 6.61 Å². The van der Waals surface area contributed by atoms with Gasteiger partial charge in [-0.2, -0.15) is 5.26 Å². The quantitative estimate of drug-likeness (QED) is 0.556. The van der Waals surface area contributed by atoms with Crippen LogP contribution in [0.5, 0.6) is 0 Å². The van der Waals surface area contributed by atoms with Crippen LogP contribution in [-0.4, -0.2) is 6.21 Å². The first-order chi connectivity index (χ1) is 7.24. The highest BCUT2D eigenvalue weighted by atomic mass is 16.6. The van der Waals surface area contributed by atoms with Crippen LogP contribution in [0.25, 0.3) is 0 Å². The van der Waals surface area contributed by atoms with Gasteiger partial charge in [0.15, 0.2) is 0 Å². The van der Waals surface area contributed by atoms with Gasteiger partial charge in [0.2, 0.25) is 0 Å². The molecule has 0 aliphatic heterocycles. The molecule has 3 nitrogen and oxygen atoms in total. The number of hydrogen-bond donors (Lipinski definition) is 0. The van der Waals surface area contributed by atoms with Crippen molar-refractivity contribution in [1.82, 2.24) is 0 Å². The van der Waals surface area contributed by atoms with E-state index >= 15 is 0 Å². The minimum Gasteiger partial charge on any atom is -0.391 e. The summed E-state index contributed by atoms with van der Waals surface area (Å²) in [6, 6.07) is 9.46. The summed E-state index contributed by atoms with van der Waals surface area (Å²) in [6.07, 6.45) is 1.73. The van der Waals surface area contributed by atoms with E-state index < -0.39 is 0 Å². The van der Waals surface area contributed by atoms with Gasteiger partial charge in [-0.3, -0.25) is 0 Å². The SMILES string of the molecule is CC(C)C=NOCc1ccccc1C#N. The molecule has 0 spiro atoms. The van der Waals surface area contributed by atoms with E-state index in [1.54, 1.807) is 12.3 Å². The first-order valence-corrected chi connectivity index (χ1v) is 4.87. The molecule has 0 N–H and O–H groups in total. The van der Waals surface area contributed by atoms with E-state index in [1.165, 1.54) is 0 Å². The summed E-state index contributed by atoms with van der Waals surface area (Å²) in [5.74, 6) is 0.371. The summed E-state index contributed by atoms with van der Waals surface area (Å²) in [5.41, 5.74) is 1.50. The van der Waals surface area contributed by atoms with Crippen molar-refractivity contribution in [3.63, 3.8) is 0 Å². The van der Waals surface area contributed by atoms with Crippen LogP contribution >= 0.6 is 0 Å². The molecule has 0 radical (unpaired) electrons. The summed E-state index contributed by atoms with van der Waals surface area (Å²) in [7, 11) is 0. The number of hydrogen-bond acceptors (Lipinski definition) is 3. The molecule has 0 aromatic heterocycles. The van der Waals surface area contributed by atoms with Gasteiger partial charge in [-0.05, 0) is 12.0 Å². The zero-order chi connectivity index (χ0) is 11.1. The standard InChI is InChI=1S/C12H14N2O/c1-10(2)8-14-15-9-12-6-4-3-5-11(12)7-13/h3-6,8,10H,9H2,1-2H3. The summed E-state index contributed by atoms with van der Waals surface area (Å²) in [6.45, 7) is 4.39. The molecule has 0 saturated carbocycles. The molecule has 1 aromatic rings. The summed E-state index contributed by atoms with van der Waals surface area (Å²) in [5, 5.41) is 12.6. The van der Waals surface area contributed by atoms with Gasteiger partial charge in [-0.25, -0.2) is 0 Å². The van der Waals surface area contributed by atoms with Gasteiger partial charge in [0.05, 0.1) is 11.6 Å². The number of nitriles is 1. The van der Waals surface area contributed by atoms with E-state index in [9.17, 15) is 0 Å². The fourth-order valence-electron chi connectivity index (χ4n) is 1.03. The molecule has 0 aliphatic rings. The average Bonchev–Trinajstić information content (AvgIpc) is 2.24. The zero-order valence-electron chi connectivity index (χ0n) is 8.97. The molecule has 0 saturated heterocycles. The highest BCUT2D eigenvalue weighted by molar-refractivity contribution is 5.58. The van der Waals surface area contributed by atoms with Gasteiger partial charge < -0.3 is 4.84 Å². The molecule has 0 aliphatic carbocycles. The van der Waals surface area contributed by atoms with Crippen molar-refractivity contribution in [1.29, 1.82) is 5.26 Å². The van der Waals surface area contributed by atoms with Crippen LogP contribution < -0.4 is 0 Å². The topological polar surface area (TPSA) is 45.4 Å². The second kappa shape index (κ2) is 5.82. The van der Waals surface area contributed by atoms with Crippen molar-refractivity contribution in [3.05, 3.63) is 35.4 Å². The molecule has 0 atom stereocenters. The minimum absolute atomic E-state index is 0.340. The smallest absolute Gasteiger partial charge is 0.143 e. The molecule has 0 bridgehead atoms. The van der Waals surface area contributed by atoms with Gasteiger partial charge in [-0.1, -0.05) is 37.2 Å². The molecule has 0 fully saturated rings. The number of benzene rings is 1. The van der Waals surface area contributed by atoms with E-state index in [-0.39, 0.29) is 0 Å². The van der Waals surface area contributed by atoms with E-state index in [2.05, 4.69) is 11.2 Å². The summed E-state index contributed by atoms with van der Waals surface area (Å²) >= 11 is 0. The predicted octanol–water partition coefficient (Wildman–Crippen LogP) is 2.72. The number of oxime groups is 1. The average molecular weight is 202 g/mol. The lowest BCUT2D eigenvalue weighted by Gasteiger charge is -2.01. The molecule has 0 unspecified atom stereocenters. The second-order valence-corrected chi connectivity index (χ2v) is 3.54. The normalized spacial score (nSPS) is 10.5. The van der Waals surface area contributed by atoms with Crippen LogP contribution in [-0.2, 0) is 11.4 Å². The van der Waals surface area contributed by atoms with Crippen LogP contribution in [0, 0.1) is 17.2 Å². The van der Waals surface area contributed by atoms with Gasteiger partial charge >= 0.3 is 0 Å². The van der Waals surface area contributed by atoms with Crippen LogP contribution in [0.1, 0.15) is 25.0 Å². The molecule has 3 heteroatoms. The molecule has 78 valence electrons. The Labute approximate surface area is 90.0 Å². The molecular formula is C12H14N2O. The third-order valence-electron chi connectivity index (χ3n) is 1.79. The first-order valence-electron chi connectivity index (χ1n) is 4.87. The van der Waals surface area contributed by atoms with Crippen molar-refractivity contribution in [2.45, 2.75) is 20.5 Å². The largest absolute Gasteiger partial charge is 0.391 e. The van der Waals surface area contributed by atoms with Gasteiger partial charge in [0.25, 0.3) is 0 Å². The van der Waals surface area contributed by atoms with E-state index in [0.29, 0.717) is 18.1 Å². The lowest BCUT2D eigenvalue weighted by molar-refractivity contribution is 0.130. The Morgan fingerprint density at radius 3 is 2.87 bits per heavy atom. The maximum absolute atomic E-state index is 8.82. The monoisotopic (exact) mass is 202 g/mol. The van der Waals surface area contributed by atoms with Crippen molar-refractivity contribution in [2.24, 2.45) is 11.1 Å². The first kappa shape index (κ1) is 11.3. The lowest BCUT2D eigenvalue weighted by Crippen LogP contribution is -1.93. The molecular weight excluding hydrogens is 188 g/mol. The van der Waals surface area contributed by atoms with Crippen LogP contribution in [0.15, 0.2) is 29.4 Å². The molecule has 0 heterocycles. The van der Waals surface area contributed by atoms with Crippen molar-refractivity contribution >= 4 is 6.21 Å². The van der Waals surface area contributed by atoms with Crippen molar-refractivity contribution in [2.75, 3.05) is 0 Å². The Kier molecular flexibility index (Phi) is 4.36. The number of rotatable bonds is 4. The zero-order valence-corrected chi connectivity index (χ0v) is 8.97. The van der Waals surface area contributed by atoms with Gasteiger partial charge in [0, 0.05) is 11.8 Å². The predicted molar refractivity (Wildman–Crippen MR) is 59.3 cm³/mol. The van der Waals surface area contributed by atoms with E-state index in [0.717, 1.165) is 5.56 Å². The fourth-order valence-corrected chi connectivity index (χ4v) is 1.03. The third kappa shape index (κ3) is 3.82. The Morgan fingerprint density at radius 2 is 2.20 bits per heavy atom. The molecule has 1 rings (SSSR count). The molecule has 1 aromatic carbocycles. The van der Waals surface area contributed by atoms with Crippen molar-refractivity contribution in [3.8, 4) is 6.07 Å².